The highest BCUT2D eigenvalue weighted by Crippen LogP contribution is 2.21. The van der Waals surface area contributed by atoms with E-state index < -0.39 is 0 Å². The normalized spacial score (nSPS) is 16.0. The second kappa shape index (κ2) is 10.1. The van der Waals surface area contributed by atoms with Crippen LogP contribution >= 0.6 is 24.0 Å². The van der Waals surface area contributed by atoms with Gasteiger partial charge in [-0.15, -0.1) is 5.10 Å². The first-order valence-electron chi connectivity index (χ1n) is 9.56. The van der Waals surface area contributed by atoms with E-state index in [0.717, 1.165) is 12.3 Å². The van der Waals surface area contributed by atoms with E-state index in [0.29, 0.717) is 29.1 Å². The zero-order valence-electron chi connectivity index (χ0n) is 16.2. The number of thiocarbonyl (C=S) groups is 1. The number of anilines is 1. The molecule has 7 nitrogen and oxygen atoms in total. The minimum atomic E-state index is -0.320. The molecule has 2 aromatic rings. The fraction of sp³-hybridized carbons (Fsp3) is 0.526. The van der Waals surface area contributed by atoms with Gasteiger partial charge in [0, 0.05) is 13.0 Å². The topological polar surface area (TPSA) is 95.2 Å². The maximum atomic E-state index is 5.97. The van der Waals surface area contributed by atoms with Gasteiger partial charge in [-0.05, 0) is 49.9 Å². The summed E-state index contributed by atoms with van der Waals surface area (Å²) in [6.45, 7) is 3.79. The van der Waals surface area contributed by atoms with Crippen LogP contribution in [-0.4, -0.2) is 50.6 Å². The van der Waals surface area contributed by atoms with Crippen molar-refractivity contribution < 1.29 is 4.74 Å². The second-order valence-corrected chi connectivity index (χ2v) is 8.19. The van der Waals surface area contributed by atoms with Crippen LogP contribution < -0.4 is 16.2 Å². The number of aromatic nitrogens is 3. The van der Waals surface area contributed by atoms with E-state index in [9.17, 15) is 0 Å². The van der Waals surface area contributed by atoms with Crippen molar-refractivity contribution in [2.75, 3.05) is 31.7 Å². The zero-order valence-corrected chi connectivity index (χ0v) is 17.8. The third-order valence-corrected chi connectivity index (χ3v) is 5.67. The largest absolute Gasteiger partial charge is 0.493 e. The standard InChI is InChI=1S/C19H28N6OS2/c1-28-19-22-18(21)25(23-19)16(17(20)27)8-11-26-15-7-5-6-14(12-15)13-24-9-3-2-4-10-24/h5-7,12,16H,2-4,8-11,13H2,1H3,(H2,20,27)(H2,21,22,23). The SMILES string of the molecule is CSc1nc(N)n(C(CCOc2cccc(CN3CCCCC3)c2)C(N)=S)n1. The quantitative estimate of drug-likeness (QED) is 0.472. The summed E-state index contributed by atoms with van der Waals surface area (Å²) in [5.41, 5.74) is 13.2. The summed E-state index contributed by atoms with van der Waals surface area (Å²) in [6, 6.07) is 7.96. The van der Waals surface area contributed by atoms with Gasteiger partial charge in [-0.2, -0.15) is 4.98 Å². The summed E-state index contributed by atoms with van der Waals surface area (Å²) in [5, 5.41) is 4.97. The molecule has 2 heterocycles. The summed E-state index contributed by atoms with van der Waals surface area (Å²) in [7, 11) is 0. The van der Waals surface area contributed by atoms with E-state index in [1.54, 1.807) is 4.68 Å². The molecule has 1 aliphatic heterocycles. The number of ether oxygens (including phenoxy) is 1. The molecule has 1 aromatic heterocycles. The van der Waals surface area contributed by atoms with Crippen molar-refractivity contribution in [2.24, 2.45) is 5.73 Å². The highest BCUT2D eigenvalue weighted by Gasteiger charge is 2.20. The van der Waals surface area contributed by atoms with E-state index >= 15 is 0 Å². The molecule has 28 heavy (non-hydrogen) atoms. The number of rotatable bonds is 9. The molecular weight excluding hydrogens is 392 g/mol. The Bertz CT molecular complexity index is 790. The van der Waals surface area contributed by atoms with Crippen LogP contribution in [-0.2, 0) is 6.54 Å². The van der Waals surface area contributed by atoms with Gasteiger partial charge in [0.15, 0.2) is 0 Å². The van der Waals surface area contributed by atoms with E-state index in [-0.39, 0.29) is 6.04 Å². The fourth-order valence-corrected chi connectivity index (χ4v) is 3.99. The molecule has 0 amide bonds. The Hall–Kier alpha value is -1.84. The Morgan fingerprint density at radius 1 is 1.32 bits per heavy atom. The van der Waals surface area contributed by atoms with Crippen LogP contribution in [0.5, 0.6) is 5.75 Å². The van der Waals surface area contributed by atoms with Crippen LogP contribution in [0.3, 0.4) is 0 Å². The fourth-order valence-electron chi connectivity index (χ4n) is 3.41. The third-order valence-electron chi connectivity index (χ3n) is 4.86. The first kappa shape index (κ1) is 20.9. The number of hydrogen-bond donors (Lipinski definition) is 2. The van der Waals surface area contributed by atoms with Gasteiger partial charge in [0.05, 0.1) is 11.6 Å². The molecular formula is C19H28N6OS2. The molecule has 1 saturated heterocycles. The summed E-state index contributed by atoms with van der Waals surface area (Å²) in [5.74, 6) is 1.17. The van der Waals surface area contributed by atoms with Crippen molar-refractivity contribution in [1.29, 1.82) is 0 Å². The highest BCUT2D eigenvalue weighted by atomic mass is 32.2. The van der Waals surface area contributed by atoms with Crippen LogP contribution in [0.15, 0.2) is 29.4 Å². The zero-order chi connectivity index (χ0) is 19.9. The number of benzene rings is 1. The number of piperidine rings is 1. The van der Waals surface area contributed by atoms with Gasteiger partial charge in [-0.1, -0.05) is 42.5 Å². The van der Waals surface area contributed by atoms with E-state index in [4.69, 9.17) is 28.4 Å². The predicted octanol–water partition coefficient (Wildman–Crippen LogP) is 2.86. The van der Waals surface area contributed by atoms with E-state index in [2.05, 4.69) is 27.1 Å². The molecule has 1 unspecified atom stereocenters. The maximum Gasteiger partial charge on any atom is 0.220 e. The van der Waals surface area contributed by atoms with Crippen LogP contribution in [0.1, 0.15) is 37.3 Å². The molecule has 1 fully saturated rings. The Morgan fingerprint density at radius 2 is 2.11 bits per heavy atom. The van der Waals surface area contributed by atoms with Crippen LogP contribution in [0, 0.1) is 0 Å². The van der Waals surface area contributed by atoms with Crippen molar-refractivity contribution in [3.63, 3.8) is 0 Å². The Morgan fingerprint density at radius 3 is 2.79 bits per heavy atom. The minimum Gasteiger partial charge on any atom is -0.493 e. The van der Waals surface area contributed by atoms with Crippen molar-refractivity contribution >= 4 is 34.9 Å². The lowest BCUT2D eigenvalue weighted by Gasteiger charge is -2.26. The molecule has 0 aliphatic carbocycles. The number of thioether (sulfide) groups is 1. The summed E-state index contributed by atoms with van der Waals surface area (Å²) in [4.78, 5) is 7.03. The van der Waals surface area contributed by atoms with Gasteiger partial charge in [0.1, 0.15) is 11.8 Å². The van der Waals surface area contributed by atoms with Gasteiger partial charge < -0.3 is 16.2 Å². The summed E-state index contributed by atoms with van der Waals surface area (Å²) >= 11 is 6.64. The second-order valence-electron chi connectivity index (χ2n) is 6.94. The van der Waals surface area contributed by atoms with Gasteiger partial charge in [-0.25, -0.2) is 4.68 Å². The number of nitrogens with zero attached hydrogens (tertiary/aromatic N) is 4. The number of nitrogen functional groups attached to an aromatic ring is 1. The average molecular weight is 421 g/mol. The van der Waals surface area contributed by atoms with Crippen molar-refractivity contribution in [1.82, 2.24) is 19.7 Å². The summed E-state index contributed by atoms with van der Waals surface area (Å²) in [6.07, 6.45) is 6.40. The van der Waals surface area contributed by atoms with Gasteiger partial charge in [-0.3, -0.25) is 4.90 Å². The first-order valence-corrected chi connectivity index (χ1v) is 11.2. The van der Waals surface area contributed by atoms with Crippen molar-refractivity contribution in [3.8, 4) is 5.75 Å². The lowest BCUT2D eigenvalue weighted by Crippen LogP contribution is -2.29. The predicted molar refractivity (Wildman–Crippen MR) is 118 cm³/mol. The summed E-state index contributed by atoms with van der Waals surface area (Å²) < 4.78 is 7.56. The number of nitrogens with two attached hydrogens (primary N) is 2. The Kier molecular flexibility index (Phi) is 7.52. The van der Waals surface area contributed by atoms with Gasteiger partial charge in [0.2, 0.25) is 11.1 Å². The highest BCUT2D eigenvalue weighted by molar-refractivity contribution is 7.98. The van der Waals surface area contributed by atoms with Gasteiger partial charge >= 0.3 is 0 Å². The molecule has 0 bridgehead atoms. The average Bonchev–Trinajstić information content (AvgIpc) is 3.06. The lowest BCUT2D eigenvalue weighted by atomic mass is 10.1. The van der Waals surface area contributed by atoms with E-state index in [1.807, 2.05) is 18.4 Å². The molecule has 9 heteroatoms. The minimum absolute atomic E-state index is 0.311. The third kappa shape index (κ3) is 5.59. The molecule has 1 atom stereocenters. The van der Waals surface area contributed by atoms with Crippen molar-refractivity contribution in [3.05, 3.63) is 29.8 Å². The number of hydrogen-bond acceptors (Lipinski definition) is 7. The smallest absolute Gasteiger partial charge is 0.220 e. The van der Waals surface area contributed by atoms with Crippen LogP contribution in [0.2, 0.25) is 0 Å². The Balaban J connectivity index is 1.57. The molecule has 152 valence electrons. The molecule has 1 aliphatic rings. The molecule has 0 saturated carbocycles. The van der Waals surface area contributed by atoms with Crippen LogP contribution in [0.25, 0.3) is 0 Å². The molecule has 1 aromatic carbocycles. The molecule has 3 rings (SSSR count). The lowest BCUT2D eigenvalue weighted by molar-refractivity contribution is 0.220. The molecule has 4 N–H and O–H groups in total. The van der Waals surface area contributed by atoms with Crippen LogP contribution in [0.4, 0.5) is 5.95 Å². The number of likely N-dealkylation sites (tertiary alicyclic amines) is 1. The molecule has 0 radical (unpaired) electrons. The monoisotopic (exact) mass is 420 g/mol. The first-order chi connectivity index (χ1) is 13.6. The molecule has 0 spiro atoms. The Labute approximate surface area is 175 Å². The van der Waals surface area contributed by atoms with Crippen molar-refractivity contribution in [2.45, 2.75) is 43.4 Å². The van der Waals surface area contributed by atoms with Gasteiger partial charge in [0.25, 0.3) is 0 Å². The maximum absolute atomic E-state index is 5.97. The van der Waals surface area contributed by atoms with E-state index in [1.165, 1.54) is 49.7 Å².